The van der Waals surface area contributed by atoms with E-state index < -0.39 is 0 Å². The molecule has 0 amide bonds. The standard InChI is InChI=1S/C27H57N6O3.HI/c1-10-31(11-2,12-3)19-22-34-25-28-26(35-23-20-32(13-4,14-5)15-6)30-27(29-25)36-24-21-33(16-7,17-8)18-9;/h10-24H2,1-9H3;1H/q+3;/p-1. The van der Waals surface area contributed by atoms with Crippen molar-refractivity contribution in [3.05, 3.63) is 0 Å². The molecule has 0 fully saturated rings. The van der Waals surface area contributed by atoms with Crippen molar-refractivity contribution in [2.45, 2.75) is 62.3 Å². The summed E-state index contributed by atoms with van der Waals surface area (Å²) in [5, 5.41) is 0. The molecule has 0 bridgehead atoms. The lowest BCUT2D eigenvalue weighted by molar-refractivity contribution is -0.923. The van der Waals surface area contributed by atoms with Crippen molar-refractivity contribution in [3.8, 4) is 18.0 Å². The van der Waals surface area contributed by atoms with Gasteiger partial charge in [-0.3, -0.25) is 0 Å². The summed E-state index contributed by atoms with van der Waals surface area (Å²) in [7, 11) is 0. The molecule has 0 saturated heterocycles. The van der Waals surface area contributed by atoms with Crippen molar-refractivity contribution in [2.75, 3.05) is 98.4 Å². The topological polar surface area (TPSA) is 66.4 Å². The van der Waals surface area contributed by atoms with E-state index in [-0.39, 0.29) is 42.0 Å². The first-order chi connectivity index (χ1) is 17.3. The Balaban J connectivity index is 0.0000130. The van der Waals surface area contributed by atoms with Crippen LogP contribution in [-0.4, -0.2) is 127 Å². The van der Waals surface area contributed by atoms with Gasteiger partial charge in [0.15, 0.2) is 0 Å². The van der Waals surface area contributed by atoms with Gasteiger partial charge in [-0.2, -0.15) is 0 Å². The predicted octanol–water partition coefficient (Wildman–Crippen LogP) is 0.642. The van der Waals surface area contributed by atoms with Crippen molar-refractivity contribution in [2.24, 2.45) is 0 Å². The Morgan fingerprint density at radius 2 is 0.595 bits per heavy atom. The van der Waals surface area contributed by atoms with E-state index in [9.17, 15) is 0 Å². The molecular weight excluding hydrogens is 583 g/mol. The second-order valence-electron chi connectivity index (χ2n) is 9.77. The van der Waals surface area contributed by atoms with Crippen LogP contribution < -0.4 is 38.2 Å². The highest BCUT2D eigenvalue weighted by Gasteiger charge is 2.24. The molecule has 1 aromatic rings. The molecule has 0 aromatic carbocycles. The molecule has 0 saturated carbocycles. The second-order valence-corrected chi connectivity index (χ2v) is 9.77. The number of ether oxygens (including phenoxy) is 3. The Bertz CT molecular complexity index is 596. The molecule has 0 N–H and O–H groups in total. The Labute approximate surface area is 244 Å². The van der Waals surface area contributed by atoms with E-state index in [0.29, 0.717) is 19.8 Å². The van der Waals surface area contributed by atoms with Gasteiger partial charge < -0.3 is 51.6 Å². The molecule has 10 heteroatoms. The molecule has 0 aliphatic rings. The van der Waals surface area contributed by atoms with Gasteiger partial charge in [0.25, 0.3) is 0 Å². The minimum absolute atomic E-state index is 0. The molecule has 9 nitrogen and oxygen atoms in total. The van der Waals surface area contributed by atoms with E-state index >= 15 is 0 Å². The zero-order valence-corrected chi connectivity index (χ0v) is 27.6. The zero-order valence-electron chi connectivity index (χ0n) is 25.4. The lowest BCUT2D eigenvalue weighted by Gasteiger charge is -2.35. The molecule has 0 unspecified atom stereocenters. The summed E-state index contributed by atoms with van der Waals surface area (Å²) in [6.07, 6.45) is 0. The first-order valence-corrected chi connectivity index (χ1v) is 14.5. The lowest BCUT2D eigenvalue weighted by atomic mass is 10.3. The number of aromatic nitrogens is 3. The summed E-state index contributed by atoms with van der Waals surface area (Å²) < 4.78 is 21.1. The molecule has 1 aromatic heterocycles. The van der Waals surface area contributed by atoms with Gasteiger partial charge >= 0.3 is 18.0 Å². The fourth-order valence-corrected chi connectivity index (χ4v) is 4.94. The Morgan fingerprint density at radius 3 is 0.757 bits per heavy atom. The molecule has 218 valence electrons. The number of hydrogen-bond acceptors (Lipinski definition) is 6. The Kier molecular flexibility index (Phi) is 17.8. The Morgan fingerprint density at radius 1 is 0.405 bits per heavy atom. The average molecular weight is 641 g/mol. The monoisotopic (exact) mass is 640 g/mol. The van der Waals surface area contributed by atoms with E-state index in [0.717, 1.165) is 92.0 Å². The third-order valence-corrected chi connectivity index (χ3v) is 9.00. The highest BCUT2D eigenvalue weighted by atomic mass is 127. The molecule has 0 atom stereocenters. The lowest BCUT2D eigenvalue weighted by Crippen LogP contribution is -3.00. The predicted molar refractivity (Wildman–Crippen MR) is 147 cm³/mol. The van der Waals surface area contributed by atoms with E-state index in [2.05, 4.69) is 77.3 Å². The maximum absolute atomic E-state index is 6.02. The normalized spacial score (nSPS) is 12.2. The first kappa shape index (κ1) is 36.0. The zero-order chi connectivity index (χ0) is 27.1. The highest BCUT2D eigenvalue weighted by molar-refractivity contribution is 5.09. The summed E-state index contributed by atoms with van der Waals surface area (Å²) in [4.78, 5) is 13.4. The van der Waals surface area contributed by atoms with Crippen LogP contribution in [0.5, 0.6) is 18.0 Å². The van der Waals surface area contributed by atoms with Gasteiger partial charge in [0, 0.05) is 0 Å². The maximum atomic E-state index is 6.02. The van der Waals surface area contributed by atoms with Gasteiger partial charge in [0.2, 0.25) is 0 Å². The van der Waals surface area contributed by atoms with E-state index in [1.165, 1.54) is 0 Å². The van der Waals surface area contributed by atoms with Crippen molar-refractivity contribution in [1.82, 2.24) is 15.0 Å². The van der Waals surface area contributed by atoms with Gasteiger partial charge in [-0.15, -0.1) is 15.0 Å². The van der Waals surface area contributed by atoms with Crippen LogP contribution in [-0.2, 0) is 0 Å². The number of rotatable bonds is 21. The third-order valence-electron chi connectivity index (χ3n) is 9.00. The van der Waals surface area contributed by atoms with E-state index in [1.807, 2.05) is 0 Å². The fraction of sp³-hybridized carbons (Fsp3) is 0.889. The van der Waals surface area contributed by atoms with Crippen LogP contribution in [0.1, 0.15) is 62.3 Å². The minimum Gasteiger partial charge on any atom is -1.00 e. The fourth-order valence-electron chi connectivity index (χ4n) is 4.94. The van der Waals surface area contributed by atoms with Crippen molar-refractivity contribution >= 4 is 0 Å². The third kappa shape index (κ3) is 11.0. The molecule has 1 heterocycles. The first-order valence-electron chi connectivity index (χ1n) is 14.5. The van der Waals surface area contributed by atoms with Crippen LogP contribution >= 0.6 is 0 Å². The van der Waals surface area contributed by atoms with Gasteiger partial charge in [0.1, 0.15) is 39.5 Å². The maximum Gasteiger partial charge on any atom is 0.326 e. The quantitative estimate of drug-likeness (QED) is 0.145. The van der Waals surface area contributed by atoms with Crippen LogP contribution in [0.3, 0.4) is 0 Å². The molecule has 0 aliphatic carbocycles. The summed E-state index contributed by atoms with van der Waals surface area (Å²) >= 11 is 0. The van der Waals surface area contributed by atoms with Gasteiger partial charge in [0.05, 0.1) is 58.9 Å². The van der Waals surface area contributed by atoms with Crippen molar-refractivity contribution < 1.29 is 51.6 Å². The summed E-state index contributed by atoms with van der Waals surface area (Å²) in [5.41, 5.74) is 0. The van der Waals surface area contributed by atoms with Crippen molar-refractivity contribution in [1.29, 1.82) is 0 Å². The van der Waals surface area contributed by atoms with Gasteiger partial charge in [-0.05, 0) is 62.3 Å². The molecule has 0 spiro atoms. The van der Waals surface area contributed by atoms with Crippen LogP contribution in [0.2, 0.25) is 0 Å². The summed E-state index contributed by atoms with van der Waals surface area (Å²) in [5.74, 6) is 0. The van der Waals surface area contributed by atoms with Crippen LogP contribution in [0.25, 0.3) is 0 Å². The number of nitrogens with zero attached hydrogens (tertiary/aromatic N) is 6. The summed E-state index contributed by atoms with van der Waals surface area (Å²) in [6.45, 7) is 34.2. The second kappa shape index (κ2) is 18.3. The summed E-state index contributed by atoms with van der Waals surface area (Å²) in [6, 6.07) is 0.836. The van der Waals surface area contributed by atoms with Gasteiger partial charge in [-0.1, -0.05) is 0 Å². The van der Waals surface area contributed by atoms with Crippen molar-refractivity contribution in [3.63, 3.8) is 0 Å². The molecular formula is C27H57IN6O3+2. The molecule has 1 rings (SSSR count). The SMILES string of the molecule is CC[N+](CC)(CC)CCOc1nc(OCC[N+](CC)(CC)CC)nc(OCC[N+](CC)(CC)CC)n1.[I-]. The molecule has 0 radical (unpaired) electrons. The average Bonchev–Trinajstić information content (AvgIpc) is 2.92. The van der Waals surface area contributed by atoms with Crippen LogP contribution in [0, 0.1) is 0 Å². The Hall–Kier alpha value is -0.980. The van der Waals surface area contributed by atoms with Crippen LogP contribution in [0.15, 0.2) is 0 Å². The van der Waals surface area contributed by atoms with E-state index in [4.69, 9.17) is 14.2 Å². The highest BCUT2D eigenvalue weighted by Crippen LogP contribution is 2.17. The smallest absolute Gasteiger partial charge is 0.326 e. The molecule has 37 heavy (non-hydrogen) atoms. The number of quaternary nitrogens is 3. The largest absolute Gasteiger partial charge is 1.00 e. The van der Waals surface area contributed by atoms with Gasteiger partial charge in [-0.25, -0.2) is 0 Å². The number of halogens is 1. The number of hydrogen-bond donors (Lipinski definition) is 0. The number of likely N-dealkylation sites (N-methyl/N-ethyl adjacent to an activating group) is 3. The van der Waals surface area contributed by atoms with Crippen LogP contribution in [0.4, 0.5) is 0 Å². The molecule has 0 aliphatic heterocycles. The minimum atomic E-state index is 0. The van der Waals surface area contributed by atoms with E-state index in [1.54, 1.807) is 0 Å².